The van der Waals surface area contributed by atoms with Crippen LogP contribution in [0, 0.1) is 5.92 Å². The third-order valence-electron chi connectivity index (χ3n) is 3.68. The standard InChI is InChI=1S/C10H16N2O/c11-8-7-3-6-13-10(7)9(8)12-4-1-2-5-12/h1-2,7-10H,3-6,11H2. The maximum absolute atomic E-state index is 6.14. The van der Waals surface area contributed by atoms with Gasteiger partial charge in [-0.2, -0.15) is 0 Å². The summed E-state index contributed by atoms with van der Waals surface area (Å²) >= 11 is 0. The van der Waals surface area contributed by atoms with Gasteiger partial charge >= 0.3 is 0 Å². The van der Waals surface area contributed by atoms with Crippen molar-refractivity contribution in [1.82, 2.24) is 4.90 Å². The molecule has 2 heterocycles. The fraction of sp³-hybridized carbons (Fsp3) is 0.800. The van der Waals surface area contributed by atoms with Gasteiger partial charge in [0.1, 0.15) is 0 Å². The average molecular weight is 180 g/mol. The third kappa shape index (κ3) is 1.01. The molecule has 3 rings (SSSR count). The molecule has 2 fully saturated rings. The molecular weight excluding hydrogens is 164 g/mol. The quantitative estimate of drug-likeness (QED) is 0.576. The van der Waals surface area contributed by atoms with E-state index in [1.165, 1.54) is 6.42 Å². The number of ether oxygens (including phenoxy) is 1. The lowest BCUT2D eigenvalue weighted by Crippen LogP contribution is -2.68. The predicted octanol–water partition coefficient (Wildman–Crippen LogP) is -0.0272. The Bertz CT molecular complexity index is 231. The van der Waals surface area contributed by atoms with Crippen molar-refractivity contribution < 1.29 is 4.74 Å². The van der Waals surface area contributed by atoms with Crippen LogP contribution >= 0.6 is 0 Å². The highest BCUT2D eigenvalue weighted by Gasteiger charge is 2.54. The second kappa shape index (κ2) is 2.80. The Morgan fingerprint density at radius 3 is 2.85 bits per heavy atom. The summed E-state index contributed by atoms with van der Waals surface area (Å²) in [5.74, 6) is 0.644. The molecule has 0 radical (unpaired) electrons. The van der Waals surface area contributed by atoms with E-state index >= 15 is 0 Å². The molecule has 4 atom stereocenters. The van der Waals surface area contributed by atoms with E-state index in [1.807, 2.05) is 0 Å². The molecular formula is C10H16N2O. The van der Waals surface area contributed by atoms with E-state index < -0.39 is 0 Å². The maximum atomic E-state index is 6.14. The fourth-order valence-corrected chi connectivity index (χ4v) is 2.91. The van der Waals surface area contributed by atoms with Gasteiger partial charge in [-0.1, -0.05) is 12.2 Å². The van der Waals surface area contributed by atoms with Crippen LogP contribution in [-0.4, -0.2) is 42.8 Å². The first-order valence-electron chi connectivity index (χ1n) is 5.14. The average Bonchev–Trinajstić information content (AvgIpc) is 2.73. The lowest BCUT2D eigenvalue weighted by molar-refractivity contribution is -0.0647. The van der Waals surface area contributed by atoms with Crippen LogP contribution < -0.4 is 5.73 Å². The van der Waals surface area contributed by atoms with E-state index in [9.17, 15) is 0 Å². The van der Waals surface area contributed by atoms with Gasteiger partial charge in [-0.25, -0.2) is 0 Å². The van der Waals surface area contributed by atoms with Crippen LogP contribution in [0.15, 0.2) is 12.2 Å². The molecule has 3 heteroatoms. The van der Waals surface area contributed by atoms with Crippen LogP contribution in [0.25, 0.3) is 0 Å². The van der Waals surface area contributed by atoms with Crippen molar-refractivity contribution in [1.29, 1.82) is 0 Å². The van der Waals surface area contributed by atoms with Crippen molar-refractivity contribution in [2.45, 2.75) is 24.6 Å². The van der Waals surface area contributed by atoms with Crippen LogP contribution in [0.4, 0.5) is 0 Å². The first-order valence-corrected chi connectivity index (χ1v) is 5.14. The second-order valence-corrected chi connectivity index (χ2v) is 4.28. The number of hydrogen-bond acceptors (Lipinski definition) is 3. The number of nitrogens with two attached hydrogens (primary N) is 1. The van der Waals surface area contributed by atoms with Crippen LogP contribution in [0.3, 0.4) is 0 Å². The number of hydrogen-bond donors (Lipinski definition) is 1. The summed E-state index contributed by atoms with van der Waals surface area (Å²) in [4.78, 5) is 2.43. The zero-order valence-electron chi connectivity index (χ0n) is 7.73. The molecule has 1 saturated heterocycles. The van der Waals surface area contributed by atoms with Gasteiger partial charge in [0, 0.05) is 31.7 Å². The summed E-state index contributed by atoms with van der Waals surface area (Å²) < 4.78 is 5.70. The topological polar surface area (TPSA) is 38.5 Å². The van der Waals surface area contributed by atoms with Gasteiger partial charge in [-0.15, -0.1) is 0 Å². The Balaban J connectivity index is 1.71. The maximum Gasteiger partial charge on any atom is 0.0789 e. The first-order chi connectivity index (χ1) is 6.38. The van der Waals surface area contributed by atoms with Crippen LogP contribution in [0.2, 0.25) is 0 Å². The van der Waals surface area contributed by atoms with Crippen molar-refractivity contribution in [2.75, 3.05) is 19.7 Å². The van der Waals surface area contributed by atoms with E-state index in [0.29, 0.717) is 24.1 Å². The fourth-order valence-electron chi connectivity index (χ4n) is 2.91. The van der Waals surface area contributed by atoms with Gasteiger partial charge in [0.25, 0.3) is 0 Å². The SMILES string of the molecule is NC1C2CCOC2C1N1CC=CC1. The molecule has 0 aromatic rings. The second-order valence-electron chi connectivity index (χ2n) is 4.28. The Morgan fingerprint density at radius 1 is 1.31 bits per heavy atom. The van der Waals surface area contributed by atoms with Gasteiger partial charge in [0.15, 0.2) is 0 Å². The van der Waals surface area contributed by atoms with Gasteiger partial charge in [-0.3, -0.25) is 4.90 Å². The van der Waals surface area contributed by atoms with Gasteiger partial charge in [-0.05, 0) is 6.42 Å². The largest absolute Gasteiger partial charge is 0.376 e. The lowest BCUT2D eigenvalue weighted by atomic mass is 9.71. The van der Waals surface area contributed by atoms with Crippen molar-refractivity contribution >= 4 is 0 Å². The van der Waals surface area contributed by atoms with Gasteiger partial charge < -0.3 is 10.5 Å². The number of nitrogens with zero attached hydrogens (tertiary/aromatic N) is 1. The highest BCUT2D eigenvalue weighted by molar-refractivity contribution is 5.12. The summed E-state index contributed by atoms with van der Waals surface area (Å²) in [5.41, 5.74) is 6.14. The zero-order valence-corrected chi connectivity index (χ0v) is 7.73. The minimum absolute atomic E-state index is 0.354. The van der Waals surface area contributed by atoms with Crippen molar-refractivity contribution in [2.24, 2.45) is 11.7 Å². The Hall–Kier alpha value is -0.380. The Morgan fingerprint density at radius 2 is 2.08 bits per heavy atom. The third-order valence-corrected chi connectivity index (χ3v) is 3.68. The first kappa shape index (κ1) is 7.97. The summed E-state index contributed by atoms with van der Waals surface area (Å²) in [6, 6.07) is 0.842. The molecule has 0 bridgehead atoms. The van der Waals surface area contributed by atoms with Gasteiger partial charge in [0.05, 0.1) is 12.1 Å². The Kier molecular flexibility index (Phi) is 1.72. The van der Waals surface area contributed by atoms with Crippen molar-refractivity contribution in [3.63, 3.8) is 0 Å². The molecule has 0 amide bonds. The zero-order chi connectivity index (χ0) is 8.84. The summed E-state index contributed by atoms with van der Waals surface area (Å²) in [6.45, 7) is 3.04. The molecule has 4 unspecified atom stereocenters. The lowest BCUT2D eigenvalue weighted by Gasteiger charge is -2.49. The summed E-state index contributed by atoms with van der Waals surface area (Å²) in [5, 5.41) is 0. The van der Waals surface area contributed by atoms with E-state index in [-0.39, 0.29) is 0 Å². The minimum Gasteiger partial charge on any atom is -0.376 e. The Labute approximate surface area is 78.5 Å². The number of fused-ring (bicyclic) bond motifs is 1. The van der Waals surface area contributed by atoms with E-state index in [2.05, 4.69) is 17.1 Å². The molecule has 0 spiro atoms. The monoisotopic (exact) mass is 180 g/mol. The van der Waals surface area contributed by atoms with Crippen molar-refractivity contribution in [3.8, 4) is 0 Å². The highest BCUT2D eigenvalue weighted by atomic mass is 16.5. The minimum atomic E-state index is 0.354. The molecule has 13 heavy (non-hydrogen) atoms. The van der Waals surface area contributed by atoms with Crippen LogP contribution in [-0.2, 0) is 4.74 Å². The summed E-state index contributed by atoms with van der Waals surface area (Å²) in [7, 11) is 0. The smallest absolute Gasteiger partial charge is 0.0789 e. The van der Waals surface area contributed by atoms with E-state index in [4.69, 9.17) is 10.5 Å². The van der Waals surface area contributed by atoms with Crippen LogP contribution in [0.5, 0.6) is 0 Å². The van der Waals surface area contributed by atoms with Crippen LogP contribution in [0.1, 0.15) is 6.42 Å². The molecule has 3 nitrogen and oxygen atoms in total. The summed E-state index contributed by atoms with van der Waals surface area (Å²) in [6.07, 6.45) is 6.04. The molecule has 2 aliphatic heterocycles. The molecule has 1 aliphatic carbocycles. The molecule has 2 N–H and O–H groups in total. The van der Waals surface area contributed by atoms with Crippen molar-refractivity contribution in [3.05, 3.63) is 12.2 Å². The van der Waals surface area contributed by atoms with E-state index in [1.54, 1.807) is 0 Å². The van der Waals surface area contributed by atoms with Gasteiger partial charge in [0.2, 0.25) is 0 Å². The van der Waals surface area contributed by atoms with E-state index in [0.717, 1.165) is 19.7 Å². The molecule has 1 saturated carbocycles. The molecule has 0 aromatic heterocycles. The number of rotatable bonds is 1. The molecule has 72 valence electrons. The molecule has 3 aliphatic rings. The normalized spacial score (nSPS) is 49.3. The molecule has 0 aromatic carbocycles. The highest BCUT2D eigenvalue weighted by Crippen LogP contribution is 2.40. The predicted molar refractivity (Wildman–Crippen MR) is 50.3 cm³/mol.